The van der Waals surface area contributed by atoms with Gasteiger partial charge < -0.3 is 14.0 Å². The number of nitriles is 1. The maximum Gasteiger partial charge on any atom is 0.411 e. The monoisotopic (exact) mass is 525 g/mol. The standard InChI is InChI=1S/C33H39N3O3/c1-5-38-25-13-14-26-27(19-34)31(36(29(26)17-25)24-7-6-8-24)22-9-11-23(12-10-22)35-32(37)39-30-16-21-15-28(20(30)2)33(3,4)18-21/h9-14,17,20-21,24,28,30H,5-8,15-16,18H2,1-4H3,(H,35,37). The van der Waals surface area contributed by atoms with Gasteiger partial charge in [0.15, 0.2) is 0 Å². The van der Waals surface area contributed by atoms with Gasteiger partial charge in [0, 0.05) is 23.2 Å². The molecule has 0 spiro atoms. The average Bonchev–Trinajstić information content (AvgIpc) is 3.32. The first-order valence-corrected chi connectivity index (χ1v) is 14.6. The zero-order valence-electron chi connectivity index (χ0n) is 23.5. The molecular weight excluding hydrogens is 486 g/mol. The zero-order valence-corrected chi connectivity index (χ0v) is 23.5. The number of hydrogen-bond acceptors (Lipinski definition) is 4. The molecule has 6 nitrogen and oxygen atoms in total. The highest BCUT2D eigenvalue weighted by Gasteiger charge is 2.50. The Kier molecular flexibility index (Phi) is 6.57. The van der Waals surface area contributed by atoms with Gasteiger partial charge in [0.2, 0.25) is 0 Å². The number of nitrogens with one attached hydrogen (secondary N) is 1. The second kappa shape index (κ2) is 9.93. The minimum absolute atomic E-state index is 0.0345. The van der Waals surface area contributed by atoms with Crippen molar-refractivity contribution in [1.82, 2.24) is 4.57 Å². The molecule has 0 aliphatic heterocycles. The first-order valence-electron chi connectivity index (χ1n) is 14.6. The molecule has 0 radical (unpaired) electrons. The number of benzene rings is 2. The molecule has 1 N–H and O–H groups in total. The molecule has 0 saturated heterocycles. The van der Waals surface area contributed by atoms with E-state index in [0.29, 0.717) is 47.1 Å². The van der Waals surface area contributed by atoms with Crippen molar-refractivity contribution in [2.24, 2.45) is 23.2 Å². The molecular formula is C33H39N3O3. The summed E-state index contributed by atoms with van der Waals surface area (Å²) in [6.07, 6.45) is 6.42. The largest absolute Gasteiger partial charge is 0.494 e. The van der Waals surface area contributed by atoms with E-state index in [-0.39, 0.29) is 12.2 Å². The molecule has 3 saturated carbocycles. The predicted octanol–water partition coefficient (Wildman–Crippen LogP) is 8.31. The van der Waals surface area contributed by atoms with Gasteiger partial charge in [0.1, 0.15) is 17.9 Å². The number of aromatic nitrogens is 1. The van der Waals surface area contributed by atoms with E-state index in [1.807, 2.05) is 43.3 Å². The molecule has 2 aromatic carbocycles. The summed E-state index contributed by atoms with van der Waals surface area (Å²) in [7, 11) is 0. The molecule has 2 bridgehead atoms. The summed E-state index contributed by atoms with van der Waals surface area (Å²) in [5, 5.41) is 14.1. The van der Waals surface area contributed by atoms with Crippen molar-refractivity contribution in [3.63, 3.8) is 0 Å². The van der Waals surface area contributed by atoms with Gasteiger partial charge in [-0.05, 0) is 98.4 Å². The molecule has 3 aliphatic rings. The van der Waals surface area contributed by atoms with Gasteiger partial charge in [-0.15, -0.1) is 0 Å². The lowest BCUT2D eigenvalue weighted by atomic mass is 9.72. The van der Waals surface area contributed by atoms with Crippen LogP contribution < -0.4 is 10.1 Å². The lowest BCUT2D eigenvalue weighted by molar-refractivity contribution is 0.0107. The molecule has 204 valence electrons. The van der Waals surface area contributed by atoms with Crippen molar-refractivity contribution in [3.05, 3.63) is 48.0 Å². The number of nitrogens with zero attached hydrogens (tertiary/aromatic N) is 2. The Balaban J connectivity index is 1.24. The number of hydrogen-bond donors (Lipinski definition) is 1. The Labute approximate surface area is 231 Å². The van der Waals surface area contributed by atoms with Gasteiger partial charge in [-0.1, -0.05) is 32.9 Å². The van der Waals surface area contributed by atoms with Crippen LogP contribution in [0.4, 0.5) is 10.5 Å². The number of carbonyl (C=O) groups is 1. The van der Waals surface area contributed by atoms with E-state index < -0.39 is 0 Å². The van der Waals surface area contributed by atoms with Crippen LogP contribution >= 0.6 is 0 Å². The van der Waals surface area contributed by atoms with Crippen LogP contribution in [-0.4, -0.2) is 23.4 Å². The second-order valence-electron chi connectivity index (χ2n) is 12.5. The van der Waals surface area contributed by atoms with Crippen LogP contribution in [0, 0.1) is 34.5 Å². The van der Waals surface area contributed by atoms with E-state index in [9.17, 15) is 10.1 Å². The predicted molar refractivity (Wildman–Crippen MR) is 154 cm³/mol. The Hall–Kier alpha value is -3.46. The van der Waals surface area contributed by atoms with E-state index >= 15 is 0 Å². The lowest BCUT2D eigenvalue weighted by Crippen LogP contribution is -2.37. The maximum absolute atomic E-state index is 12.9. The number of anilines is 1. The Morgan fingerprint density at radius 2 is 1.92 bits per heavy atom. The summed E-state index contributed by atoms with van der Waals surface area (Å²) in [6, 6.07) is 16.7. The summed E-state index contributed by atoms with van der Waals surface area (Å²) < 4.78 is 14.1. The van der Waals surface area contributed by atoms with Gasteiger partial charge in [-0.25, -0.2) is 4.79 Å². The van der Waals surface area contributed by atoms with Gasteiger partial charge in [0.25, 0.3) is 0 Å². The quantitative estimate of drug-likeness (QED) is 0.351. The van der Waals surface area contributed by atoms with Crippen LogP contribution in [0.25, 0.3) is 22.2 Å². The highest BCUT2D eigenvalue weighted by molar-refractivity contribution is 5.96. The smallest absolute Gasteiger partial charge is 0.411 e. The Bertz CT molecular complexity index is 1430. The molecule has 6 heteroatoms. The van der Waals surface area contributed by atoms with E-state index in [1.165, 1.54) is 19.3 Å². The number of fused-ring (bicyclic) bond motifs is 3. The minimum Gasteiger partial charge on any atom is -0.494 e. The van der Waals surface area contributed by atoms with Crippen LogP contribution in [-0.2, 0) is 4.74 Å². The molecule has 3 aliphatic carbocycles. The molecule has 1 heterocycles. The van der Waals surface area contributed by atoms with Crippen molar-refractivity contribution >= 4 is 22.7 Å². The number of ether oxygens (including phenoxy) is 2. The highest BCUT2D eigenvalue weighted by Crippen LogP contribution is 2.56. The third-order valence-corrected chi connectivity index (χ3v) is 9.69. The fourth-order valence-corrected chi connectivity index (χ4v) is 7.68. The number of carbonyl (C=O) groups excluding carboxylic acids is 1. The Morgan fingerprint density at radius 1 is 1.15 bits per heavy atom. The molecule has 1 aromatic heterocycles. The van der Waals surface area contributed by atoms with E-state index in [4.69, 9.17) is 9.47 Å². The van der Waals surface area contributed by atoms with Gasteiger partial charge in [0.05, 0.1) is 23.4 Å². The molecule has 4 unspecified atom stereocenters. The highest BCUT2D eigenvalue weighted by atomic mass is 16.6. The van der Waals surface area contributed by atoms with Gasteiger partial charge in [-0.2, -0.15) is 5.26 Å². The van der Waals surface area contributed by atoms with Crippen molar-refractivity contribution < 1.29 is 14.3 Å². The summed E-state index contributed by atoms with van der Waals surface area (Å²) >= 11 is 0. The summed E-state index contributed by atoms with van der Waals surface area (Å²) in [5.74, 6) is 2.45. The van der Waals surface area contributed by atoms with Crippen molar-refractivity contribution in [2.45, 2.75) is 78.4 Å². The fourth-order valence-electron chi connectivity index (χ4n) is 7.68. The SMILES string of the molecule is CCOc1ccc2c(C#N)c(-c3ccc(NC(=O)OC4CC5CC(C4C)C(C)(C)C5)cc3)n(C3CCC3)c2c1. The van der Waals surface area contributed by atoms with E-state index in [2.05, 4.69) is 42.8 Å². The summed E-state index contributed by atoms with van der Waals surface area (Å²) in [5.41, 5.74) is 4.65. The fraction of sp³-hybridized carbons (Fsp3) is 0.515. The minimum atomic E-state index is -0.386. The van der Waals surface area contributed by atoms with Crippen LogP contribution in [0.1, 0.15) is 77.8 Å². The maximum atomic E-state index is 12.9. The Morgan fingerprint density at radius 3 is 2.59 bits per heavy atom. The average molecular weight is 526 g/mol. The van der Waals surface area contributed by atoms with Crippen LogP contribution in [0.3, 0.4) is 0 Å². The van der Waals surface area contributed by atoms with Gasteiger partial charge >= 0.3 is 6.09 Å². The third kappa shape index (κ3) is 4.56. The summed E-state index contributed by atoms with van der Waals surface area (Å²) in [6.45, 7) is 9.54. The molecule has 4 atom stereocenters. The topological polar surface area (TPSA) is 76.3 Å². The normalized spacial score (nSPS) is 25.6. The second-order valence-corrected chi connectivity index (χ2v) is 12.5. The summed E-state index contributed by atoms with van der Waals surface area (Å²) in [4.78, 5) is 12.9. The molecule has 3 fully saturated rings. The van der Waals surface area contributed by atoms with Gasteiger partial charge in [-0.3, -0.25) is 5.32 Å². The van der Waals surface area contributed by atoms with Crippen LogP contribution in [0.2, 0.25) is 0 Å². The van der Waals surface area contributed by atoms with Crippen LogP contribution in [0.15, 0.2) is 42.5 Å². The first-order chi connectivity index (χ1) is 18.8. The van der Waals surface area contributed by atoms with E-state index in [0.717, 1.165) is 47.2 Å². The first kappa shape index (κ1) is 25.8. The zero-order chi connectivity index (χ0) is 27.3. The molecule has 6 rings (SSSR count). The number of rotatable bonds is 6. The van der Waals surface area contributed by atoms with E-state index in [1.54, 1.807) is 0 Å². The lowest BCUT2D eigenvalue weighted by Gasteiger charge is -2.37. The molecule has 1 amide bonds. The van der Waals surface area contributed by atoms with Crippen molar-refractivity contribution in [3.8, 4) is 23.1 Å². The van der Waals surface area contributed by atoms with Crippen molar-refractivity contribution in [1.29, 1.82) is 5.26 Å². The molecule has 3 aromatic rings. The molecule has 39 heavy (non-hydrogen) atoms. The number of amides is 1. The third-order valence-electron chi connectivity index (χ3n) is 9.69. The van der Waals surface area contributed by atoms with Crippen molar-refractivity contribution in [2.75, 3.05) is 11.9 Å². The van der Waals surface area contributed by atoms with Crippen LogP contribution in [0.5, 0.6) is 5.75 Å².